The van der Waals surface area contributed by atoms with Gasteiger partial charge in [-0.1, -0.05) is 6.07 Å². The standard InChI is InChI=1S/C9H13NO3/c1-12-5-6-13-8-4-2-3-7(11)9(8)10/h2-4,11H,5-6,10H2,1H3. The molecule has 4 nitrogen and oxygen atoms in total. The van der Waals surface area contributed by atoms with E-state index < -0.39 is 0 Å². The predicted octanol–water partition coefficient (Wildman–Crippen LogP) is 1.000. The van der Waals surface area contributed by atoms with Gasteiger partial charge >= 0.3 is 0 Å². The van der Waals surface area contributed by atoms with Gasteiger partial charge in [-0.05, 0) is 12.1 Å². The van der Waals surface area contributed by atoms with Crippen LogP contribution in [-0.4, -0.2) is 25.4 Å². The summed E-state index contributed by atoms with van der Waals surface area (Å²) in [6.07, 6.45) is 0. The molecule has 0 spiro atoms. The van der Waals surface area contributed by atoms with Gasteiger partial charge in [-0.15, -0.1) is 0 Å². The van der Waals surface area contributed by atoms with Gasteiger partial charge in [0.2, 0.25) is 0 Å². The fourth-order valence-corrected chi connectivity index (χ4v) is 0.893. The van der Waals surface area contributed by atoms with Crippen molar-refractivity contribution in [2.45, 2.75) is 0 Å². The Hall–Kier alpha value is -1.42. The van der Waals surface area contributed by atoms with E-state index in [1.807, 2.05) is 0 Å². The van der Waals surface area contributed by atoms with Gasteiger partial charge in [0.25, 0.3) is 0 Å². The third-order valence-electron chi connectivity index (χ3n) is 1.59. The average Bonchev–Trinajstić information content (AvgIpc) is 2.13. The first-order valence-electron chi connectivity index (χ1n) is 3.95. The van der Waals surface area contributed by atoms with Crippen molar-refractivity contribution in [3.05, 3.63) is 18.2 Å². The Morgan fingerprint density at radius 2 is 2.15 bits per heavy atom. The van der Waals surface area contributed by atoms with E-state index in [4.69, 9.17) is 15.2 Å². The van der Waals surface area contributed by atoms with E-state index in [0.29, 0.717) is 19.0 Å². The summed E-state index contributed by atoms with van der Waals surface area (Å²) in [5.74, 6) is 0.520. The van der Waals surface area contributed by atoms with Crippen molar-refractivity contribution < 1.29 is 14.6 Å². The Kier molecular flexibility index (Phi) is 3.40. The van der Waals surface area contributed by atoms with Crippen molar-refractivity contribution in [3.8, 4) is 11.5 Å². The molecule has 1 rings (SSSR count). The highest BCUT2D eigenvalue weighted by molar-refractivity contribution is 5.61. The number of benzene rings is 1. The third kappa shape index (κ3) is 2.52. The molecule has 0 aliphatic carbocycles. The van der Waals surface area contributed by atoms with Gasteiger partial charge < -0.3 is 20.3 Å². The van der Waals surface area contributed by atoms with E-state index in [-0.39, 0.29) is 11.4 Å². The van der Waals surface area contributed by atoms with Gasteiger partial charge in [-0.25, -0.2) is 0 Å². The number of phenols is 1. The zero-order valence-electron chi connectivity index (χ0n) is 7.49. The topological polar surface area (TPSA) is 64.7 Å². The van der Waals surface area contributed by atoms with E-state index in [1.165, 1.54) is 6.07 Å². The largest absolute Gasteiger partial charge is 0.506 e. The number of phenolic OH excluding ortho intramolecular Hbond substituents is 1. The minimum absolute atomic E-state index is 0.0370. The van der Waals surface area contributed by atoms with Crippen LogP contribution in [0.1, 0.15) is 0 Å². The average molecular weight is 183 g/mol. The molecule has 72 valence electrons. The normalized spacial score (nSPS) is 9.92. The number of nitrogen functional groups attached to an aromatic ring is 1. The van der Waals surface area contributed by atoms with Crippen molar-refractivity contribution in [1.82, 2.24) is 0 Å². The van der Waals surface area contributed by atoms with Crippen LogP contribution >= 0.6 is 0 Å². The molecule has 0 aliphatic heterocycles. The second-order valence-electron chi connectivity index (χ2n) is 2.53. The van der Waals surface area contributed by atoms with Crippen LogP contribution in [0.15, 0.2) is 18.2 Å². The molecule has 13 heavy (non-hydrogen) atoms. The first kappa shape index (κ1) is 9.67. The smallest absolute Gasteiger partial charge is 0.146 e. The number of hydrogen-bond donors (Lipinski definition) is 2. The van der Waals surface area contributed by atoms with Gasteiger partial charge in [0.1, 0.15) is 23.8 Å². The number of methoxy groups -OCH3 is 1. The van der Waals surface area contributed by atoms with Crippen molar-refractivity contribution >= 4 is 5.69 Å². The van der Waals surface area contributed by atoms with Crippen LogP contribution in [-0.2, 0) is 4.74 Å². The zero-order chi connectivity index (χ0) is 9.68. The molecule has 0 saturated carbocycles. The summed E-state index contributed by atoms with van der Waals surface area (Å²) >= 11 is 0. The van der Waals surface area contributed by atoms with Gasteiger partial charge in [0, 0.05) is 7.11 Å². The van der Waals surface area contributed by atoms with Gasteiger partial charge in [-0.2, -0.15) is 0 Å². The minimum atomic E-state index is 0.0370. The molecule has 1 aromatic carbocycles. The molecule has 1 aromatic rings. The number of anilines is 1. The molecule has 3 N–H and O–H groups in total. The van der Waals surface area contributed by atoms with Crippen molar-refractivity contribution in [2.75, 3.05) is 26.1 Å². The molecule has 0 unspecified atom stereocenters. The SMILES string of the molecule is COCCOc1cccc(O)c1N. The molecule has 0 heterocycles. The van der Waals surface area contributed by atoms with Crippen molar-refractivity contribution in [2.24, 2.45) is 0 Å². The fourth-order valence-electron chi connectivity index (χ4n) is 0.893. The van der Waals surface area contributed by atoms with E-state index >= 15 is 0 Å². The van der Waals surface area contributed by atoms with Gasteiger partial charge in [0.15, 0.2) is 0 Å². The Balaban J connectivity index is 2.61. The van der Waals surface area contributed by atoms with E-state index in [2.05, 4.69) is 0 Å². The summed E-state index contributed by atoms with van der Waals surface area (Å²) in [5.41, 5.74) is 5.81. The molecule has 0 atom stereocenters. The van der Waals surface area contributed by atoms with Crippen LogP contribution in [0.4, 0.5) is 5.69 Å². The fraction of sp³-hybridized carbons (Fsp3) is 0.333. The minimum Gasteiger partial charge on any atom is -0.506 e. The second-order valence-corrected chi connectivity index (χ2v) is 2.53. The Bertz CT molecular complexity index is 276. The molecule has 0 fully saturated rings. The first-order chi connectivity index (χ1) is 6.25. The van der Waals surface area contributed by atoms with Crippen LogP contribution in [0, 0.1) is 0 Å². The molecule has 0 amide bonds. The second kappa shape index (κ2) is 4.57. The molecular formula is C9H13NO3. The van der Waals surface area contributed by atoms with Gasteiger partial charge in [0.05, 0.1) is 6.61 Å². The molecule has 0 radical (unpaired) electrons. The molecule has 0 aliphatic rings. The highest BCUT2D eigenvalue weighted by Crippen LogP contribution is 2.29. The summed E-state index contributed by atoms with van der Waals surface area (Å²) < 4.78 is 10.1. The van der Waals surface area contributed by atoms with E-state index in [1.54, 1.807) is 19.2 Å². The maximum atomic E-state index is 9.22. The van der Waals surface area contributed by atoms with Crippen LogP contribution < -0.4 is 10.5 Å². The Labute approximate surface area is 76.9 Å². The molecular weight excluding hydrogens is 170 g/mol. The summed E-state index contributed by atoms with van der Waals surface area (Å²) in [7, 11) is 1.59. The van der Waals surface area contributed by atoms with Crippen molar-refractivity contribution in [1.29, 1.82) is 0 Å². The summed E-state index contributed by atoms with van der Waals surface area (Å²) in [4.78, 5) is 0. The van der Waals surface area contributed by atoms with Crippen LogP contribution in [0.3, 0.4) is 0 Å². The predicted molar refractivity (Wildman–Crippen MR) is 49.9 cm³/mol. The molecule has 0 aromatic heterocycles. The maximum absolute atomic E-state index is 9.22. The quantitative estimate of drug-likeness (QED) is 0.415. The lowest BCUT2D eigenvalue weighted by Crippen LogP contribution is -2.05. The van der Waals surface area contributed by atoms with Gasteiger partial charge in [-0.3, -0.25) is 0 Å². The Morgan fingerprint density at radius 1 is 1.38 bits per heavy atom. The van der Waals surface area contributed by atoms with Crippen molar-refractivity contribution in [3.63, 3.8) is 0 Å². The van der Waals surface area contributed by atoms with Crippen LogP contribution in [0.5, 0.6) is 11.5 Å². The number of nitrogens with two attached hydrogens (primary N) is 1. The highest BCUT2D eigenvalue weighted by atomic mass is 16.5. The Morgan fingerprint density at radius 3 is 2.85 bits per heavy atom. The van der Waals surface area contributed by atoms with Crippen LogP contribution in [0.25, 0.3) is 0 Å². The monoisotopic (exact) mass is 183 g/mol. The number of para-hydroxylation sites is 1. The zero-order valence-corrected chi connectivity index (χ0v) is 7.49. The highest BCUT2D eigenvalue weighted by Gasteiger charge is 2.03. The van der Waals surface area contributed by atoms with E-state index in [9.17, 15) is 5.11 Å². The maximum Gasteiger partial charge on any atom is 0.146 e. The summed E-state index contributed by atoms with van der Waals surface area (Å²) in [6.45, 7) is 0.916. The lowest BCUT2D eigenvalue weighted by atomic mass is 10.3. The molecule has 0 bridgehead atoms. The molecule has 4 heteroatoms. The number of hydrogen-bond acceptors (Lipinski definition) is 4. The summed E-state index contributed by atoms with van der Waals surface area (Å²) in [6, 6.07) is 4.89. The number of aromatic hydroxyl groups is 1. The third-order valence-corrected chi connectivity index (χ3v) is 1.59. The molecule has 0 saturated heterocycles. The first-order valence-corrected chi connectivity index (χ1v) is 3.95. The summed E-state index contributed by atoms with van der Waals surface area (Å²) in [5, 5.41) is 9.22. The lowest BCUT2D eigenvalue weighted by molar-refractivity contribution is 0.146. The lowest BCUT2D eigenvalue weighted by Gasteiger charge is -2.08. The number of rotatable bonds is 4. The van der Waals surface area contributed by atoms with Crippen LogP contribution in [0.2, 0.25) is 0 Å². The number of ether oxygens (including phenoxy) is 2. The van der Waals surface area contributed by atoms with E-state index in [0.717, 1.165) is 0 Å².